The van der Waals surface area contributed by atoms with Crippen LogP contribution in [0.1, 0.15) is 33.9 Å². The molecular formula is C46H29F5N4. The van der Waals surface area contributed by atoms with Crippen molar-refractivity contribution in [2.75, 3.05) is 0 Å². The molecule has 2 N–H and O–H groups in total. The number of hydrogen-bond donors (Lipinski definition) is 2. The lowest BCUT2D eigenvalue weighted by molar-refractivity contribution is 0.381. The Kier molecular flexibility index (Phi) is 8.15. The molecule has 0 spiro atoms. The van der Waals surface area contributed by atoms with E-state index in [1.807, 2.05) is 117 Å². The van der Waals surface area contributed by atoms with Gasteiger partial charge in [-0.1, -0.05) is 90.0 Å². The number of halogens is 5. The highest BCUT2D eigenvalue weighted by molar-refractivity contribution is 6.00. The first-order chi connectivity index (χ1) is 26.7. The van der Waals surface area contributed by atoms with Crippen LogP contribution in [-0.4, -0.2) is 19.9 Å². The lowest BCUT2D eigenvalue weighted by Gasteiger charge is -2.10. The van der Waals surface area contributed by atoms with Crippen LogP contribution in [0.25, 0.3) is 90.9 Å². The summed E-state index contributed by atoms with van der Waals surface area (Å²) in [6.07, 6.45) is 6.36. The van der Waals surface area contributed by atoms with E-state index in [2.05, 4.69) is 9.97 Å². The van der Waals surface area contributed by atoms with Crippen molar-refractivity contribution in [1.29, 1.82) is 0 Å². The average molecular weight is 733 g/mol. The van der Waals surface area contributed by atoms with Gasteiger partial charge in [-0.05, 0) is 79.1 Å². The third-order valence-corrected chi connectivity index (χ3v) is 9.96. The van der Waals surface area contributed by atoms with Crippen molar-refractivity contribution in [1.82, 2.24) is 19.9 Å². The van der Waals surface area contributed by atoms with Crippen LogP contribution in [-0.2, 0) is 0 Å². The van der Waals surface area contributed by atoms with Gasteiger partial charge >= 0.3 is 0 Å². The van der Waals surface area contributed by atoms with Crippen LogP contribution >= 0.6 is 0 Å². The zero-order valence-corrected chi connectivity index (χ0v) is 29.4. The molecule has 3 aromatic heterocycles. The summed E-state index contributed by atoms with van der Waals surface area (Å²) in [5.41, 5.74) is 9.11. The Hall–Kier alpha value is -6.87. The monoisotopic (exact) mass is 732 g/mol. The van der Waals surface area contributed by atoms with Crippen LogP contribution in [0.15, 0.2) is 103 Å². The molecule has 0 unspecified atom stereocenters. The summed E-state index contributed by atoms with van der Waals surface area (Å²) in [6, 6.07) is 33.4. The Morgan fingerprint density at radius 2 is 0.691 bits per heavy atom. The van der Waals surface area contributed by atoms with Crippen LogP contribution in [0, 0.1) is 42.9 Å². The zero-order chi connectivity index (χ0) is 38.0. The van der Waals surface area contributed by atoms with E-state index in [1.54, 1.807) is 12.2 Å². The predicted octanol–water partition coefficient (Wildman–Crippen LogP) is 12.6. The summed E-state index contributed by atoms with van der Waals surface area (Å²) in [5.74, 6) is -10.3. The second-order valence-electron chi connectivity index (χ2n) is 13.5. The maximum absolute atomic E-state index is 15.8. The number of H-pyrrole nitrogens is 2. The summed E-state index contributed by atoms with van der Waals surface area (Å²) < 4.78 is 75.9. The fourth-order valence-electron chi connectivity index (χ4n) is 7.25. The van der Waals surface area contributed by atoms with Crippen LogP contribution in [0.4, 0.5) is 22.0 Å². The van der Waals surface area contributed by atoms with Gasteiger partial charge in [0.25, 0.3) is 0 Å². The SMILES string of the molecule is Cc1ccc(-c2c3nc(c(-c4c(F)c(F)c(F)c(F)c4F)c4nc(c(-c5ccc(C)cc5)c5ccc([nH]5)c(-c5ccccc5)c5ccc2[nH]5)C=C4)C=C3)cc1. The zero-order valence-electron chi connectivity index (χ0n) is 29.4. The molecule has 55 heavy (non-hydrogen) atoms. The van der Waals surface area contributed by atoms with Crippen molar-refractivity contribution in [2.24, 2.45) is 0 Å². The topological polar surface area (TPSA) is 57.4 Å². The number of fused-ring (bicyclic) bond motifs is 8. The van der Waals surface area contributed by atoms with Crippen molar-refractivity contribution < 1.29 is 22.0 Å². The number of rotatable bonds is 4. The highest BCUT2D eigenvalue weighted by atomic mass is 19.2. The first kappa shape index (κ1) is 33.9. The summed E-state index contributed by atoms with van der Waals surface area (Å²) >= 11 is 0. The fraction of sp³-hybridized carbons (Fsp3) is 0.0435. The third-order valence-electron chi connectivity index (χ3n) is 9.96. The first-order valence-corrected chi connectivity index (χ1v) is 17.5. The first-order valence-electron chi connectivity index (χ1n) is 17.5. The second-order valence-corrected chi connectivity index (χ2v) is 13.5. The van der Waals surface area contributed by atoms with E-state index in [9.17, 15) is 13.2 Å². The van der Waals surface area contributed by atoms with Crippen molar-refractivity contribution in [3.8, 4) is 44.5 Å². The van der Waals surface area contributed by atoms with E-state index >= 15 is 8.78 Å². The highest BCUT2D eigenvalue weighted by Crippen LogP contribution is 2.41. The van der Waals surface area contributed by atoms with Gasteiger partial charge in [-0.2, -0.15) is 0 Å². The molecule has 0 amide bonds. The largest absolute Gasteiger partial charge is 0.354 e. The van der Waals surface area contributed by atoms with E-state index < -0.39 is 34.6 Å². The molecule has 2 aliphatic rings. The Morgan fingerprint density at radius 1 is 0.345 bits per heavy atom. The maximum atomic E-state index is 15.8. The predicted molar refractivity (Wildman–Crippen MR) is 210 cm³/mol. The number of nitrogens with one attached hydrogen (secondary N) is 2. The standard InChI is InChI=1S/C46H29F5N4/c1-24-8-12-27(13-9-24)38-31-18-16-29(52-31)37(26-6-4-3-5-7-26)30-17-19-32(53-30)39(28-14-10-25(2)11-15-28)34-21-23-36(55-34)40(35-22-20-33(38)54-35)41-42(47)44(49)46(51)45(50)43(41)48/h3-23,52-53H,1-2H3. The number of aromatic nitrogens is 4. The molecule has 0 atom stereocenters. The molecule has 8 bridgehead atoms. The van der Waals surface area contributed by atoms with Gasteiger partial charge in [0.05, 0.1) is 28.3 Å². The lowest BCUT2D eigenvalue weighted by Crippen LogP contribution is -2.06. The van der Waals surface area contributed by atoms with Crippen LogP contribution in [0.5, 0.6) is 0 Å². The van der Waals surface area contributed by atoms with Gasteiger partial charge in [0, 0.05) is 44.3 Å². The van der Waals surface area contributed by atoms with Gasteiger partial charge < -0.3 is 9.97 Å². The van der Waals surface area contributed by atoms with E-state index in [-0.39, 0.29) is 17.0 Å². The van der Waals surface area contributed by atoms with Gasteiger partial charge in [0.15, 0.2) is 23.3 Å². The van der Waals surface area contributed by atoms with Crippen molar-refractivity contribution >= 4 is 46.4 Å². The molecule has 9 rings (SSSR count). The number of benzene rings is 4. The molecule has 5 heterocycles. The Bertz CT molecular complexity index is 2750. The fourth-order valence-corrected chi connectivity index (χ4v) is 7.25. The Labute approximate surface area is 312 Å². The maximum Gasteiger partial charge on any atom is 0.200 e. The molecule has 4 aromatic carbocycles. The Balaban J connectivity index is 1.50. The number of nitrogens with zero attached hydrogens (tertiary/aromatic N) is 2. The molecule has 268 valence electrons. The summed E-state index contributed by atoms with van der Waals surface area (Å²) in [4.78, 5) is 16.9. The van der Waals surface area contributed by atoms with Gasteiger partial charge in [-0.3, -0.25) is 0 Å². The van der Waals surface area contributed by atoms with Crippen LogP contribution in [0.3, 0.4) is 0 Å². The summed E-state index contributed by atoms with van der Waals surface area (Å²) in [6.45, 7) is 3.94. The van der Waals surface area contributed by atoms with Crippen LogP contribution in [0.2, 0.25) is 0 Å². The van der Waals surface area contributed by atoms with Gasteiger partial charge in [-0.25, -0.2) is 31.9 Å². The molecule has 0 fully saturated rings. The molecule has 4 nitrogen and oxygen atoms in total. The molecular weight excluding hydrogens is 704 g/mol. The second kappa shape index (κ2) is 13.2. The third kappa shape index (κ3) is 5.76. The minimum atomic E-state index is -2.25. The van der Waals surface area contributed by atoms with Gasteiger partial charge in [0.1, 0.15) is 0 Å². The highest BCUT2D eigenvalue weighted by Gasteiger charge is 2.30. The normalized spacial score (nSPS) is 12.1. The van der Waals surface area contributed by atoms with E-state index in [4.69, 9.17) is 9.97 Å². The molecule has 0 saturated carbocycles. The van der Waals surface area contributed by atoms with Gasteiger partial charge in [-0.15, -0.1) is 0 Å². The number of hydrogen-bond acceptors (Lipinski definition) is 2. The molecule has 0 aliphatic carbocycles. The van der Waals surface area contributed by atoms with E-state index in [0.29, 0.717) is 33.5 Å². The molecule has 7 aromatic rings. The minimum absolute atomic E-state index is 0.0260. The summed E-state index contributed by atoms with van der Waals surface area (Å²) in [7, 11) is 0. The Morgan fingerprint density at radius 3 is 1.11 bits per heavy atom. The average Bonchev–Trinajstić information content (AvgIpc) is 4.04. The lowest BCUT2D eigenvalue weighted by atomic mass is 10.00. The molecule has 9 heteroatoms. The molecule has 2 aliphatic heterocycles. The molecule has 0 saturated heterocycles. The molecule has 0 radical (unpaired) electrons. The van der Waals surface area contributed by atoms with Gasteiger partial charge in [0.2, 0.25) is 5.82 Å². The van der Waals surface area contributed by atoms with Crippen molar-refractivity contribution in [3.63, 3.8) is 0 Å². The summed E-state index contributed by atoms with van der Waals surface area (Å²) in [5, 5.41) is 0. The van der Waals surface area contributed by atoms with Crippen LogP contribution < -0.4 is 0 Å². The quantitative estimate of drug-likeness (QED) is 0.108. The number of aromatic amines is 2. The van der Waals surface area contributed by atoms with E-state index in [0.717, 1.165) is 44.4 Å². The minimum Gasteiger partial charge on any atom is -0.354 e. The van der Waals surface area contributed by atoms with Crippen molar-refractivity contribution in [2.45, 2.75) is 13.8 Å². The number of aryl methyl sites for hydroxylation is 2. The van der Waals surface area contributed by atoms with Crippen molar-refractivity contribution in [3.05, 3.63) is 166 Å². The smallest absolute Gasteiger partial charge is 0.200 e. The van der Waals surface area contributed by atoms with E-state index in [1.165, 1.54) is 12.2 Å².